The number of carboxylic acids is 2. The molecule has 4 aliphatic rings. The quantitative estimate of drug-likeness (QED) is 0.447. The van der Waals surface area contributed by atoms with E-state index in [2.05, 4.69) is 24.3 Å². The van der Waals surface area contributed by atoms with E-state index in [1.807, 2.05) is 0 Å². The summed E-state index contributed by atoms with van der Waals surface area (Å²) in [6.45, 7) is 1.79. The molecule has 24 heavy (non-hydrogen) atoms. The van der Waals surface area contributed by atoms with Crippen LogP contribution in [0.2, 0.25) is 0 Å². The fraction of sp³-hybridized carbons (Fsp3) is 0.667. The molecule has 6 nitrogen and oxygen atoms in total. The lowest BCUT2D eigenvalue weighted by atomic mass is 9.94. The summed E-state index contributed by atoms with van der Waals surface area (Å²) < 4.78 is 0. The van der Waals surface area contributed by atoms with Crippen molar-refractivity contribution >= 4 is 11.9 Å². The Morgan fingerprint density at radius 3 is 1.25 bits per heavy atom. The summed E-state index contributed by atoms with van der Waals surface area (Å²) >= 11 is 0. The highest BCUT2D eigenvalue weighted by molar-refractivity contribution is 6.27. The number of hydrogen-bond donors (Lipinski definition) is 4. The van der Waals surface area contributed by atoms with Crippen LogP contribution in [0.4, 0.5) is 0 Å². The van der Waals surface area contributed by atoms with Gasteiger partial charge >= 0.3 is 11.9 Å². The van der Waals surface area contributed by atoms with Gasteiger partial charge in [0.05, 0.1) is 0 Å². The molecule has 2 fully saturated rings. The van der Waals surface area contributed by atoms with Crippen LogP contribution < -0.4 is 11.5 Å². The molecular weight excluding hydrogens is 308 g/mol. The minimum Gasteiger partial charge on any atom is -0.473 e. The summed E-state index contributed by atoms with van der Waals surface area (Å²) in [6.07, 6.45) is 14.9. The molecule has 0 amide bonds. The second-order valence-corrected chi connectivity index (χ2v) is 7.16. The van der Waals surface area contributed by atoms with Crippen LogP contribution >= 0.6 is 0 Å². The van der Waals surface area contributed by atoms with Gasteiger partial charge in [0.15, 0.2) is 0 Å². The van der Waals surface area contributed by atoms with Crippen molar-refractivity contribution in [1.29, 1.82) is 0 Å². The Balaban J connectivity index is 0.000000134. The maximum atomic E-state index is 9.10. The van der Waals surface area contributed by atoms with Gasteiger partial charge in [0.1, 0.15) is 0 Å². The predicted molar refractivity (Wildman–Crippen MR) is 91.1 cm³/mol. The van der Waals surface area contributed by atoms with Crippen molar-refractivity contribution in [2.45, 2.75) is 25.7 Å². The molecule has 134 valence electrons. The minimum absolute atomic E-state index is 0.819. The maximum Gasteiger partial charge on any atom is 0.414 e. The average Bonchev–Trinajstić information content (AvgIpc) is 3.35. The summed E-state index contributed by atoms with van der Waals surface area (Å²) in [6, 6.07) is 0. The molecule has 0 spiro atoms. The molecule has 6 atom stereocenters. The van der Waals surface area contributed by atoms with E-state index in [0.717, 1.165) is 48.6 Å². The molecule has 0 saturated heterocycles. The third-order valence-electron chi connectivity index (χ3n) is 5.62. The van der Waals surface area contributed by atoms with Crippen LogP contribution in [0.15, 0.2) is 24.3 Å². The minimum atomic E-state index is -1.82. The first-order valence-electron chi connectivity index (χ1n) is 8.67. The van der Waals surface area contributed by atoms with Gasteiger partial charge in [0.25, 0.3) is 0 Å². The van der Waals surface area contributed by atoms with Crippen molar-refractivity contribution in [2.24, 2.45) is 47.0 Å². The molecule has 6 N–H and O–H groups in total. The highest BCUT2D eigenvalue weighted by atomic mass is 16.4. The first-order valence-corrected chi connectivity index (χ1v) is 8.67. The van der Waals surface area contributed by atoms with Crippen LogP contribution in [-0.4, -0.2) is 35.2 Å². The Kier molecular flexibility index (Phi) is 6.57. The summed E-state index contributed by atoms with van der Waals surface area (Å²) in [7, 11) is 0. The van der Waals surface area contributed by atoms with Gasteiger partial charge in [0, 0.05) is 0 Å². The van der Waals surface area contributed by atoms with Crippen LogP contribution in [0.5, 0.6) is 0 Å². The summed E-state index contributed by atoms with van der Waals surface area (Å²) in [5.74, 6) is 1.47. The highest BCUT2D eigenvalue weighted by Gasteiger charge is 2.34. The predicted octanol–water partition coefficient (Wildman–Crippen LogP) is 1.47. The lowest BCUT2D eigenvalue weighted by molar-refractivity contribution is -0.159. The Morgan fingerprint density at radius 2 is 1.12 bits per heavy atom. The van der Waals surface area contributed by atoms with E-state index >= 15 is 0 Å². The lowest BCUT2D eigenvalue weighted by Crippen LogP contribution is -2.17. The van der Waals surface area contributed by atoms with Crippen LogP contribution in [-0.2, 0) is 9.59 Å². The second kappa shape index (κ2) is 8.44. The van der Waals surface area contributed by atoms with Gasteiger partial charge in [0.2, 0.25) is 0 Å². The number of carbonyl (C=O) groups is 2. The monoisotopic (exact) mass is 336 g/mol. The molecule has 0 unspecified atom stereocenters. The smallest absolute Gasteiger partial charge is 0.414 e. The van der Waals surface area contributed by atoms with E-state index in [1.165, 1.54) is 25.7 Å². The van der Waals surface area contributed by atoms with E-state index in [1.54, 1.807) is 0 Å². The molecule has 0 radical (unpaired) electrons. The van der Waals surface area contributed by atoms with Gasteiger partial charge in [-0.3, -0.25) is 0 Å². The number of rotatable bonds is 2. The molecule has 0 heterocycles. The Morgan fingerprint density at radius 1 is 0.750 bits per heavy atom. The van der Waals surface area contributed by atoms with Gasteiger partial charge in [-0.25, -0.2) is 9.59 Å². The largest absolute Gasteiger partial charge is 0.473 e. The van der Waals surface area contributed by atoms with E-state index in [9.17, 15) is 0 Å². The number of allylic oxidation sites excluding steroid dienone is 4. The zero-order valence-electron chi connectivity index (χ0n) is 13.9. The molecule has 2 saturated carbocycles. The summed E-state index contributed by atoms with van der Waals surface area (Å²) in [4.78, 5) is 18.2. The number of carboxylic acid groups (broad SMARTS) is 2. The van der Waals surface area contributed by atoms with Gasteiger partial charge in [-0.1, -0.05) is 24.3 Å². The van der Waals surface area contributed by atoms with Gasteiger partial charge in [-0.2, -0.15) is 0 Å². The molecule has 4 rings (SSSR count). The molecule has 0 aliphatic heterocycles. The molecule has 0 aromatic heterocycles. The van der Waals surface area contributed by atoms with Gasteiger partial charge < -0.3 is 21.7 Å². The van der Waals surface area contributed by atoms with Crippen molar-refractivity contribution in [2.75, 3.05) is 13.1 Å². The topological polar surface area (TPSA) is 127 Å². The van der Waals surface area contributed by atoms with Gasteiger partial charge in [-0.15, -0.1) is 0 Å². The van der Waals surface area contributed by atoms with Crippen molar-refractivity contribution in [3.05, 3.63) is 24.3 Å². The van der Waals surface area contributed by atoms with Crippen molar-refractivity contribution in [1.82, 2.24) is 0 Å². The normalized spacial score (nSPS) is 36.8. The molecule has 0 aromatic rings. The van der Waals surface area contributed by atoms with Crippen LogP contribution in [0.1, 0.15) is 25.7 Å². The molecule has 4 bridgehead atoms. The zero-order chi connectivity index (χ0) is 17.7. The van der Waals surface area contributed by atoms with E-state index in [-0.39, 0.29) is 0 Å². The van der Waals surface area contributed by atoms with Crippen molar-refractivity contribution in [3.63, 3.8) is 0 Å². The van der Waals surface area contributed by atoms with Crippen LogP contribution in [0.3, 0.4) is 0 Å². The molecule has 6 heteroatoms. The van der Waals surface area contributed by atoms with E-state index in [4.69, 9.17) is 31.3 Å². The number of nitrogens with two attached hydrogens (primary N) is 2. The first kappa shape index (κ1) is 18.7. The summed E-state index contributed by atoms with van der Waals surface area (Å²) in [5.41, 5.74) is 11.2. The Hall–Kier alpha value is -1.66. The third kappa shape index (κ3) is 4.68. The third-order valence-corrected chi connectivity index (χ3v) is 5.62. The van der Waals surface area contributed by atoms with Crippen molar-refractivity contribution in [3.8, 4) is 0 Å². The second-order valence-electron chi connectivity index (χ2n) is 7.16. The lowest BCUT2D eigenvalue weighted by Gasteiger charge is -2.14. The van der Waals surface area contributed by atoms with Gasteiger partial charge in [-0.05, 0) is 74.3 Å². The maximum absolute atomic E-state index is 9.10. The first-order chi connectivity index (χ1) is 11.4. The fourth-order valence-electron chi connectivity index (χ4n) is 4.33. The Bertz CT molecular complexity index is 471. The summed E-state index contributed by atoms with van der Waals surface area (Å²) in [5, 5.41) is 14.8. The highest BCUT2D eigenvalue weighted by Crippen LogP contribution is 2.43. The molecular formula is C18H28N2O4. The molecule has 4 aliphatic carbocycles. The number of hydrogen-bond acceptors (Lipinski definition) is 4. The average molecular weight is 336 g/mol. The standard InChI is InChI=1S/2C8H13N.C2H2O4/c2*9-5-8-4-6-1-2-7(8)3-6;3-1(4)2(5)6/h2*1-2,6-8H,3-5,9H2;(H,3,4)(H,5,6)/t2*6-,7+,8-;/m11./s1. The number of fused-ring (bicyclic) bond motifs is 4. The SMILES string of the molecule is NC[C@H]1C[C@@H]2C=C[C@H]1C2.NC[C@H]1C[C@@H]2C=C[C@H]1C2.O=C(O)C(=O)O. The fourth-order valence-corrected chi connectivity index (χ4v) is 4.33. The number of aliphatic carboxylic acids is 2. The van der Waals surface area contributed by atoms with E-state index in [0.29, 0.717) is 0 Å². The Labute approximate surface area is 142 Å². The zero-order valence-corrected chi connectivity index (χ0v) is 13.9. The van der Waals surface area contributed by atoms with Crippen LogP contribution in [0.25, 0.3) is 0 Å². The van der Waals surface area contributed by atoms with Crippen molar-refractivity contribution < 1.29 is 19.8 Å². The molecule has 0 aromatic carbocycles. The van der Waals surface area contributed by atoms with Crippen LogP contribution in [0, 0.1) is 35.5 Å². The van der Waals surface area contributed by atoms with E-state index < -0.39 is 11.9 Å².